The van der Waals surface area contributed by atoms with Crippen LogP contribution < -0.4 is 5.32 Å². The number of nitrogens with zero attached hydrogens (tertiary/aromatic N) is 2. The standard InChI is InChI=1S/C31H37N3O4S/c1-24-10-12-27(13-11-24)22-32-31(36)25(2)34(23-28-8-4-3-5-9-28)30(35)19-16-26-14-17-29(18-15-26)39(37,38)33-20-6-7-21-33/h3-5,8-15,17-18,25H,6-7,16,19-23H2,1-2H3,(H,32,36)/t25-/m1/s1. The highest BCUT2D eigenvalue weighted by Crippen LogP contribution is 2.22. The molecule has 0 aromatic heterocycles. The first-order valence-corrected chi connectivity index (χ1v) is 14.9. The number of carbonyl (C=O) groups excluding carboxylic acids is 2. The molecule has 1 saturated heterocycles. The van der Waals surface area contributed by atoms with Gasteiger partial charge in [-0.15, -0.1) is 0 Å². The number of hydrogen-bond acceptors (Lipinski definition) is 4. The van der Waals surface area contributed by atoms with Gasteiger partial charge in [0.1, 0.15) is 6.04 Å². The lowest BCUT2D eigenvalue weighted by Crippen LogP contribution is -2.47. The van der Waals surface area contributed by atoms with Crippen LogP contribution in [-0.4, -0.2) is 48.6 Å². The van der Waals surface area contributed by atoms with Gasteiger partial charge in [-0.3, -0.25) is 9.59 Å². The lowest BCUT2D eigenvalue weighted by Gasteiger charge is -2.29. The average Bonchev–Trinajstić information content (AvgIpc) is 3.51. The van der Waals surface area contributed by atoms with E-state index in [1.807, 2.05) is 61.5 Å². The Morgan fingerprint density at radius 1 is 0.872 bits per heavy atom. The van der Waals surface area contributed by atoms with Crippen LogP contribution in [0.1, 0.15) is 48.4 Å². The number of aryl methyl sites for hydroxylation is 2. The number of benzene rings is 3. The van der Waals surface area contributed by atoms with Crippen molar-refractivity contribution in [1.29, 1.82) is 0 Å². The number of rotatable bonds is 11. The van der Waals surface area contributed by atoms with Crippen LogP contribution >= 0.6 is 0 Å². The zero-order chi connectivity index (χ0) is 27.8. The van der Waals surface area contributed by atoms with Gasteiger partial charge in [-0.25, -0.2) is 8.42 Å². The minimum Gasteiger partial charge on any atom is -0.350 e. The molecule has 4 rings (SSSR count). The zero-order valence-corrected chi connectivity index (χ0v) is 23.5. The van der Waals surface area contributed by atoms with E-state index in [1.54, 1.807) is 36.1 Å². The first-order valence-electron chi connectivity index (χ1n) is 13.5. The van der Waals surface area contributed by atoms with E-state index < -0.39 is 16.1 Å². The second-order valence-corrected chi connectivity index (χ2v) is 12.1. The van der Waals surface area contributed by atoms with Gasteiger partial charge in [-0.05, 0) is 61.9 Å². The Morgan fingerprint density at radius 2 is 1.49 bits per heavy atom. The number of carbonyl (C=O) groups is 2. The van der Waals surface area contributed by atoms with Crippen LogP contribution in [0.25, 0.3) is 0 Å². The topological polar surface area (TPSA) is 86.8 Å². The summed E-state index contributed by atoms with van der Waals surface area (Å²) in [6, 6.07) is 23.7. The molecule has 1 N–H and O–H groups in total. The molecule has 1 atom stereocenters. The van der Waals surface area contributed by atoms with Crippen LogP contribution in [0.2, 0.25) is 0 Å². The van der Waals surface area contributed by atoms with Crippen molar-refractivity contribution in [3.05, 3.63) is 101 Å². The highest BCUT2D eigenvalue weighted by atomic mass is 32.2. The Kier molecular flexibility index (Phi) is 9.54. The monoisotopic (exact) mass is 547 g/mol. The summed E-state index contributed by atoms with van der Waals surface area (Å²) in [5.41, 5.74) is 3.97. The fourth-order valence-corrected chi connectivity index (χ4v) is 6.22. The molecule has 1 heterocycles. The number of hydrogen-bond donors (Lipinski definition) is 1. The molecular formula is C31H37N3O4S. The van der Waals surface area contributed by atoms with Gasteiger partial charge in [0.05, 0.1) is 4.90 Å². The maximum absolute atomic E-state index is 13.4. The Morgan fingerprint density at radius 3 is 2.13 bits per heavy atom. The summed E-state index contributed by atoms with van der Waals surface area (Å²) in [5, 5.41) is 2.96. The van der Waals surface area contributed by atoms with Crippen molar-refractivity contribution in [2.24, 2.45) is 0 Å². The van der Waals surface area contributed by atoms with Crippen molar-refractivity contribution < 1.29 is 18.0 Å². The molecule has 3 aromatic rings. The van der Waals surface area contributed by atoms with Crippen molar-refractivity contribution in [3.63, 3.8) is 0 Å². The number of nitrogens with one attached hydrogen (secondary N) is 1. The fraction of sp³-hybridized carbons (Fsp3) is 0.355. The SMILES string of the molecule is Cc1ccc(CNC(=O)[C@@H](C)N(Cc2ccccc2)C(=O)CCc2ccc(S(=O)(=O)N3CCCC3)cc2)cc1. The number of sulfonamides is 1. The van der Waals surface area contributed by atoms with E-state index in [-0.39, 0.29) is 23.1 Å². The molecule has 2 amide bonds. The van der Waals surface area contributed by atoms with E-state index >= 15 is 0 Å². The Hall–Kier alpha value is -3.49. The largest absolute Gasteiger partial charge is 0.350 e. The molecule has 39 heavy (non-hydrogen) atoms. The van der Waals surface area contributed by atoms with E-state index in [4.69, 9.17) is 0 Å². The normalized spacial score (nSPS) is 14.6. The smallest absolute Gasteiger partial charge is 0.243 e. The molecule has 0 unspecified atom stereocenters. The van der Waals surface area contributed by atoms with E-state index in [2.05, 4.69) is 5.32 Å². The molecule has 0 aliphatic carbocycles. The summed E-state index contributed by atoms with van der Waals surface area (Å²) in [7, 11) is -3.47. The van der Waals surface area contributed by atoms with E-state index in [0.29, 0.717) is 32.6 Å². The summed E-state index contributed by atoms with van der Waals surface area (Å²) in [5.74, 6) is -0.345. The highest BCUT2D eigenvalue weighted by molar-refractivity contribution is 7.89. The molecule has 7 nitrogen and oxygen atoms in total. The van der Waals surface area contributed by atoms with E-state index in [1.165, 1.54) is 4.31 Å². The fourth-order valence-electron chi connectivity index (χ4n) is 4.71. The van der Waals surface area contributed by atoms with Gasteiger partial charge in [0.25, 0.3) is 0 Å². The molecule has 0 spiro atoms. The van der Waals surface area contributed by atoms with Gasteiger partial charge in [-0.2, -0.15) is 4.31 Å². The van der Waals surface area contributed by atoms with E-state index in [0.717, 1.165) is 35.1 Å². The first-order chi connectivity index (χ1) is 18.7. The molecule has 206 valence electrons. The molecule has 0 saturated carbocycles. The summed E-state index contributed by atoms with van der Waals surface area (Å²) in [4.78, 5) is 28.4. The first kappa shape index (κ1) is 28.5. The summed E-state index contributed by atoms with van der Waals surface area (Å²) in [6.45, 7) is 5.61. The summed E-state index contributed by atoms with van der Waals surface area (Å²) >= 11 is 0. The van der Waals surface area contributed by atoms with Crippen LogP contribution in [0.5, 0.6) is 0 Å². The Labute approximate surface area is 231 Å². The van der Waals surface area contributed by atoms with Crippen molar-refractivity contribution >= 4 is 21.8 Å². The van der Waals surface area contributed by atoms with Crippen LogP contribution in [0.3, 0.4) is 0 Å². The van der Waals surface area contributed by atoms with Crippen molar-refractivity contribution in [2.75, 3.05) is 13.1 Å². The molecular weight excluding hydrogens is 510 g/mol. The van der Waals surface area contributed by atoms with Gasteiger partial charge >= 0.3 is 0 Å². The van der Waals surface area contributed by atoms with Crippen LogP contribution in [0, 0.1) is 6.92 Å². The Bertz CT molecular complexity index is 1350. The molecule has 1 fully saturated rings. The quantitative estimate of drug-likeness (QED) is 0.384. The third kappa shape index (κ3) is 7.55. The second kappa shape index (κ2) is 13.0. The third-order valence-electron chi connectivity index (χ3n) is 7.20. The minimum atomic E-state index is -3.47. The summed E-state index contributed by atoms with van der Waals surface area (Å²) < 4.78 is 27.1. The molecule has 0 radical (unpaired) electrons. The predicted octanol–water partition coefficient (Wildman–Crippen LogP) is 4.45. The maximum atomic E-state index is 13.4. The molecule has 3 aromatic carbocycles. The summed E-state index contributed by atoms with van der Waals surface area (Å²) in [6.07, 6.45) is 2.44. The van der Waals surface area contributed by atoms with Gasteiger partial charge in [-0.1, -0.05) is 72.3 Å². The molecule has 8 heteroatoms. The van der Waals surface area contributed by atoms with Gasteiger partial charge in [0.2, 0.25) is 21.8 Å². The zero-order valence-electron chi connectivity index (χ0n) is 22.7. The minimum absolute atomic E-state index is 0.134. The second-order valence-electron chi connectivity index (χ2n) is 10.1. The third-order valence-corrected chi connectivity index (χ3v) is 9.12. The van der Waals surface area contributed by atoms with Crippen LogP contribution in [0.4, 0.5) is 0 Å². The van der Waals surface area contributed by atoms with Crippen molar-refractivity contribution in [1.82, 2.24) is 14.5 Å². The van der Waals surface area contributed by atoms with Crippen molar-refractivity contribution in [3.8, 4) is 0 Å². The van der Waals surface area contributed by atoms with Gasteiger partial charge in [0.15, 0.2) is 0 Å². The van der Waals surface area contributed by atoms with Gasteiger partial charge < -0.3 is 10.2 Å². The van der Waals surface area contributed by atoms with Crippen LogP contribution in [0.15, 0.2) is 83.8 Å². The molecule has 0 bridgehead atoms. The number of amides is 2. The van der Waals surface area contributed by atoms with E-state index in [9.17, 15) is 18.0 Å². The maximum Gasteiger partial charge on any atom is 0.243 e. The lowest BCUT2D eigenvalue weighted by molar-refractivity contribution is -0.140. The predicted molar refractivity (Wildman–Crippen MR) is 152 cm³/mol. The molecule has 1 aliphatic rings. The highest BCUT2D eigenvalue weighted by Gasteiger charge is 2.28. The lowest BCUT2D eigenvalue weighted by atomic mass is 10.1. The van der Waals surface area contributed by atoms with Gasteiger partial charge in [0, 0.05) is 32.6 Å². The molecule has 1 aliphatic heterocycles. The van der Waals surface area contributed by atoms with Crippen LogP contribution in [-0.2, 0) is 39.1 Å². The Balaban J connectivity index is 1.40. The average molecular weight is 548 g/mol. The van der Waals surface area contributed by atoms with Crippen molar-refractivity contribution in [2.45, 2.75) is 63.6 Å².